The van der Waals surface area contributed by atoms with Gasteiger partial charge in [-0.05, 0) is 47.8 Å². The van der Waals surface area contributed by atoms with Crippen molar-refractivity contribution in [3.05, 3.63) is 34.9 Å². The number of aryl methyl sites for hydroxylation is 2. The largest absolute Gasteiger partial charge is 0.378 e. The van der Waals surface area contributed by atoms with Crippen LogP contribution in [0.2, 0.25) is 0 Å². The van der Waals surface area contributed by atoms with Crippen LogP contribution in [-0.4, -0.2) is 9.94 Å². The van der Waals surface area contributed by atoms with E-state index in [2.05, 4.69) is 15.9 Å². The van der Waals surface area contributed by atoms with Crippen molar-refractivity contribution in [1.29, 1.82) is 0 Å². The lowest BCUT2D eigenvalue weighted by Gasteiger charge is -2.30. The molecule has 1 aromatic rings. The summed E-state index contributed by atoms with van der Waals surface area (Å²) < 4.78 is 26.3. The van der Waals surface area contributed by atoms with Crippen LogP contribution in [0.1, 0.15) is 23.6 Å². The second-order valence-corrected chi connectivity index (χ2v) is 4.88. The maximum atomic E-state index is 13.2. The van der Waals surface area contributed by atoms with Crippen LogP contribution in [0.25, 0.3) is 0 Å². The van der Waals surface area contributed by atoms with Crippen LogP contribution >= 0.6 is 15.9 Å². The molecule has 0 radical (unpaired) electrons. The molecule has 1 aromatic carbocycles. The third kappa shape index (κ3) is 2.37. The molecule has 84 valence electrons. The van der Waals surface area contributed by atoms with Crippen LogP contribution in [0.15, 0.2) is 18.2 Å². The first-order valence-electron chi connectivity index (χ1n) is 4.53. The maximum Gasteiger partial charge on any atom is 0.333 e. The van der Waals surface area contributed by atoms with Gasteiger partial charge in [-0.25, -0.2) is 0 Å². The standard InChI is InChI=1S/C11H13BrF2O/c1-7-4-5-8(2)9(6-7)10(3,15)11(12,13)14/h4-6,15H,1-3H3. The number of hydrogen-bond acceptors (Lipinski definition) is 1. The Morgan fingerprint density at radius 2 is 1.80 bits per heavy atom. The first-order chi connectivity index (χ1) is 6.66. The van der Waals surface area contributed by atoms with Crippen molar-refractivity contribution in [3.63, 3.8) is 0 Å². The quantitative estimate of drug-likeness (QED) is 0.821. The van der Waals surface area contributed by atoms with Gasteiger partial charge in [0.05, 0.1) is 0 Å². The number of hydrogen-bond donors (Lipinski definition) is 1. The van der Waals surface area contributed by atoms with E-state index in [0.29, 0.717) is 5.56 Å². The Balaban J connectivity index is 3.32. The minimum Gasteiger partial charge on any atom is -0.378 e. The van der Waals surface area contributed by atoms with Crippen LogP contribution in [0.3, 0.4) is 0 Å². The first-order valence-corrected chi connectivity index (χ1v) is 5.32. The maximum absolute atomic E-state index is 13.2. The zero-order chi connectivity index (χ0) is 11.9. The van der Waals surface area contributed by atoms with Crippen molar-refractivity contribution in [3.8, 4) is 0 Å². The summed E-state index contributed by atoms with van der Waals surface area (Å²) in [7, 11) is 0. The van der Waals surface area contributed by atoms with Crippen molar-refractivity contribution in [2.45, 2.75) is 31.2 Å². The molecule has 0 aliphatic carbocycles. The molecule has 0 bridgehead atoms. The Kier molecular flexibility index (Phi) is 3.22. The molecule has 1 unspecified atom stereocenters. The average molecular weight is 279 g/mol. The topological polar surface area (TPSA) is 20.2 Å². The highest BCUT2D eigenvalue weighted by molar-refractivity contribution is 9.10. The molecule has 0 aliphatic rings. The fraction of sp³-hybridized carbons (Fsp3) is 0.455. The molecule has 1 atom stereocenters. The van der Waals surface area contributed by atoms with E-state index >= 15 is 0 Å². The lowest BCUT2D eigenvalue weighted by atomic mass is 9.91. The molecule has 0 saturated heterocycles. The van der Waals surface area contributed by atoms with Gasteiger partial charge in [0.15, 0.2) is 5.60 Å². The summed E-state index contributed by atoms with van der Waals surface area (Å²) in [5, 5.41) is 9.83. The smallest absolute Gasteiger partial charge is 0.333 e. The van der Waals surface area contributed by atoms with E-state index in [-0.39, 0.29) is 5.56 Å². The highest BCUT2D eigenvalue weighted by Gasteiger charge is 2.48. The number of aliphatic hydroxyl groups is 1. The Hall–Kier alpha value is -0.480. The van der Waals surface area contributed by atoms with Gasteiger partial charge in [-0.1, -0.05) is 23.8 Å². The van der Waals surface area contributed by atoms with Gasteiger partial charge < -0.3 is 5.11 Å². The van der Waals surface area contributed by atoms with Crippen molar-refractivity contribution in [1.82, 2.24) is 0 Å². The molecule has 0 aliphatic heterocycles. The number of rotatable bonds is 2. The molecular formula is C11H13BrF2O. The molecule has 4 heteroatoms. The summed E-state index contributed by atoms with van der Waals surface area (Å²) in [5.74, 6) is 0. The predicted molar refractivity (Wildman–Crippen MR) is 59.4 cm³/mol. The lowest BCUT2D eigenvalue weighted by molar-refractivity contribution is -0.109. The summed E-state index contributed by atoms with van der Waals surface area (Å²) in [4.78, 5) is -3.35. The number of alkyl halides is 3. The third-order valence-electron chi connectivity index (χ3n) is 2.47. The van der Waals surface area contributed by atoms with E-state index < -0.39 is 10.4 Å². The van der Waals surface area contributed by atoms with Gasteiger partial charge in [-0.15, -0.1) is 0 Å². The van der Waals surface area contributed by atoms with Gasteiger partial charge in [0.1, 0.15) is 0 Å². The molecule has 1 N–H and O–H groups in total. The molecule has 0 aromatic heterocycles. The summed E-state index contributed by atoms with van der Waals surface area (Å²) in [6, 6.07) is 5.11. The van der Waals surface area contributed by atoms with Crippen LogP contribution in [-0.2, 0) is 5.60 Å². The fourth-order valence-corrected chi connectivity index (χ4v) is 1.63. The normalized spacial score (nSPS) is 16.2. The second-order valence-electron chi connectivity index (χ2n) is 3.89. The van der Waals surface area contributed by atoms with Gasteiger partial charge in [0.25, 0.3) is 0 Å². The number of halogens is 3. The van der Waals surface area contributed by atoms with E-state index in [4.69, 9.17) is 0 Å². The first kappa shape index (κ1) is 12.6. The van der Waals surface area contributed by atoms with Crippen LogP contribution in [0, 0.1) is 13.8 Å². The minimum atomic E-state index is -3.35. The predicted octanol–water partition coefficient (Wildman–Crippen LogP) is 3.50. The highest BCUT2D eigenvalue weighted by atomic mass is 79.9. The Morgan fingerprint density at radius 1 is 1.27 bits per heavy atom. The molecule has 1 nitrogen and oxygen atoms in total. The Labute approximate surface area is 96.2 Å². The average Bonchev–Trinajstić information content (AvgIpc) is 2.07. The van der Waals surface area contributed by atoms with E-state index in [1.54, 1.807) is 26.0 Å². The SMILES string of the molecule is Cc1ccc(C)c(C(C)(O)C(F)(F)Br)c1. The molecule has 0 heterocycles. The van der Waals surface area contributed by atoms with Crippen LogP contribution in [0.4, 0.5) is 8.78 Å². The van der Waals surface area contributed by atoms with E-state index in [0.717, 1.165) is 12.5 Å². The van der Waals surface area contributed by atoms with Crippen LogP contribution < -0.4 is 0 Å². The lowest BCUT2D eigenvalue weighted by Crippen LogP contribution is -2.38. The molecule has 0 spiro atoms. The summed E-state index contributed by atoms with van der Waals surface area (Å²) in [6.45, 7) is 4.59. The van der Waals surface area contributed by atoms with Gasteiger partial charge in [-0.2, -0.15) is 8.78 Å². The van der Waals surface area contributed by atoms with Crippen molar-refractivity contribution >= 4 is 15.9 Å². The fourth-order valence-electron chi connectivity index (χ4n) is 1.41. The summed E-state index contributed by atoms with van der Waals surface area (Å²) in [5.41, 5.74) is -0.481. The van der Waals surface area contributed by atoms with Crippen molar-refractivity contribution in [2.75, 3.05) is 0 Å². The molecule has 0 saturated carbocycles. The molecule has 0 fully saturated rings. The zero-order valence-electron chi connectivity index (χ0n) is 8.81. The van der Waals surface area contributed by atoms with E-state index in [1.165, 1.54) is 0 Å². The summed E-state index contributed by atoms with van der Waals surface area (Å²) >= 11 is 2.21. The van der Waals surface area contributed by atoms with Crippen LogP contribution in [0.5, 0.6) is 0 Å². The van der Waals surface area contributed by atoms with Gasteiger partial charge in [0.2, 0.25) is 0 Å². The molecule has 15 heavy (non-hydrogen) atoms. The van der Waals surface area contributed by atoms with E-state index in [1.807, 2.05) is 6.07 Å². The van der Waals surface area contributed by atoms with Gasteiger partial charge in [-0.3, -0.25) is 0 Å². The highest BCUT2D eigenvalue weighted by Crippen LogP contribution is 2.43. The third-order valence-corrected chi connectivity index (χ3v) is 3.24. The van der Waals surface area contributed by atoms with Gasteiger partial charge in [0, 0.05) is 0 Å². The number of benzene rings is 1. The monoisotopic (exact) mass is 278 g/mol. The second kappa shape index (κ2) is 3.83. The Bertz CT molecular complexity index is 369. The summed E-state index contributed by atoms with van der Waals surface area (Å²) in [6.07, 6.45) is 0. The zero-order valence-corrected chi connectivity index (χ0v) is 10.4. The Morgan fingerprint density at radius 3 is 2.27 bits per heavy atom. The van der Waals surface area contributed by atoms with Crippen molar-refractivity contribution < 1.29 is 13.9 Å². The van der Waals surface area contributed by atoms with E-state index in [9.17, 15) is 13.9 Å². The van der Waals surface area contributed by atoms with Gasteiger partial charge >= 0.3 is 4.83 Å². The van der Waals surface area contributed by atoms with Crippen molar-refractivity contribution in [2.24, 2.45) is 0 Å². The minimum absolute atomic E-state index is 0.240. The molecule has 0 amide bonds. The molecule has 1 rings (SSSR count). The molecular weight excluding hydrogens is 266 g/mol.